The molecule has 0 aliphatic heterocycles. The van der Waals surface area contributed by atoms with Crippen LogP contribution in [0.5, 0.6) is 0 Å². The van der Waals surface area contributed by atoms with E-state index < -0.39 is 0 Å². The molecule has 0 aliphatic rings. The number of benzene rings is 1. The van der Waals surface area contributed by atoms with Crippen molar-refractivity contribution in [1.82, 2.24) is 5.32 Å². The number of methoxy groups -OCH3 is 1. The Bertz CT molecular complexity index is 383. The number of hydrogen-bond acceptors (Lipinski definition) is 3. The summed E-state index contributed by atoms with van der Waals surface area (Å²) in [5.41, 5.74) is 1.90. The number of carbonyl (C=O) groups is 1. The molecule has 0 aliphatic carbocycles. The van der Waals surface area contributed by atoms with Gasteiger partial charge in [-0.15, -0.1) is 0 Å². The van der Waals surface area contributed by atoms with Crippen molar-refractivity contribution in [2.24, 2.45) is 0 Å². The van der Waals surface area contributed by atoms with Gasteiger partial charge in [0.15, 0.2) is 0 Å². The van der Waals surface area contributed by atoms with E-state index in [1.54, 1.807) is 7.11 Å². The predicted octanol–water partition coefficient (Wildman–Crippen LogP) is 1.93. The van der Waals surface area contributed by atoms with Crippen LogP contribution >= 0.6 is 15.9 Å². The number of rotatable bonds is 6. The first-order chi connectivity index (χ1) is 8.13. The van der Waals surface area contributed by atoms with Gasteiger partial charge in [0.05, 0.1) is 18.8 Å². The lowest BCUT2D eigenvalue weighted by atomic mass is 10.2. The van der Waals surface area contributed by atoms with Crippen molar-refractivity contribution in [1.29, 1.82) is 0 Å². The maximum atomic E-state index is 11.6. The first-order valence-corrected chi connectivity index (χ1v) is 6.18. The highest BCUT2D eigenvalue weighted by Crippen LogP contribution is 2.22. The molecular weight excluding hydrogens is 284 g/mol. The molecular formula is C12H17BrN2O2. The Labute approximate surface area is 110 Å². The molecule has 0 heterocycles. The summed E-state index contributed by atoms with van der Waals surface area (Å²) in [6.45, 7) is 3.53. The van der Waals surface area contributed by atoms with Gasteiger partial charge in [-0.3, -0.25) is 4.79 Å². The molecule has 1 aromatic carbocycles. The lowest BCUT2D eigenvalue weighted by Crippen LogP contribution is -2.30. The third-order valence-electron chi connectivity index (χ3n) is 2.16. The van der Waals surface area contributed by atoms with E-state index in [1.807, 2.05) is 25.1 Å². The molecule has 1 aromatic rings. The standard InChI is InChI=1S/C12H17BrN2O2/c1-9-3-4-10(13)11(7-9)15-12(16)8-14-5-6-17-2/h3-4,7,14H,5-6,8H2,1-2H3,(H,15,16). The average molecular weight is 301 g/mol. The highest BCUT2D eigenvalue weighted by molar-refractivity contribution is 9.10. The van der Waals surface area contributed by atoms with Gasteiger partial charge in [-0.05, 0) is 40.5 Å². The summed E-state index contributed by atoms with van der Waals surface area (Å²) in [6, 6.07) is 5.83. The Kier molecular flexibility index (Phi) is 6.18. The topological polar surface area (TPSA) is 50.4 Å². The zero-order valence-electron chi connectivity index (χ0n) is 10.0. The quantitative estimate of drug-likeness (QED) is 0.789. The normalized spacial score (nSPS) is 10.3. The first-order valence-electron chi connectivity index (χ1n) is 5.39. The smallest absolute Gasteiger partial charge is 0.238 e. The largest absolute Gasteiger partial charge is 0.383 e. The van der Waals surface area contributed by atoms with E-state index >= 15 is 0 Å². The molecule has 0 spiro atoms. The monoisotopic (exact) mass is 300 g/mol. The van der Waals surface area contributed by atoms with Crippen LogP contribution in [0.4, 0.5) is 5.69 Å². The summed E-state index contributed by atoms with van der Waals surface area (Å²) in [4.78, 5) is 11.6. The molecule has 0 atom stereocenters. The van der Waals surface area contributed by atoms with Crippen LogP contribution in [0.1, 0.15) is 5.56 Å². The second-order valence-corrected chi connectivity index (χ2v) is 4.56. The summed E-state index contributed by atoms with van der Waals surface area (Å²) < 4.78 is 5.76. The fourth-order valence-electron chi connectivity index (χ4n) is 1.31. The van der Waals surface area contributed by atoms with E-state index in [2.05, 4.69) is 26.6 Å². The lowest BCUT2D eigenvalue weighted by Gasteiger charge is -2.09. The molecule has 5 heteroatoms. The minimum atomic E-state index is -0.0626. The van der Waals surface area contributed by atoms with Gasteiger partial charge < -0.3 is 15.4 Å². The molecule has 0 radical (unpaired) electrons. The van der Waals surface area contributed by atoms with Gasteiger partial charge in [-0.25, -0.2) is 0 Å². The van der Waals surface area contributed by atoms with E-state index in [4.69, 9.17) is 4.74 Å². The van der Waals surface area contributed by atoms with Crippen LogP contribution in [-0.4, -0.2) is 32.7 Å². The lowest BCUT2D eigenvalue weighted by molar-refractivity contribution is -0.115. The van der Waals surface area contributed by atoms with E-state index in [-0.39, 0.29) is 12.5 Å². The molecule has 0 saturated carbocycles. The first kappa shape index (κ1) is 14.2. The highest BCUT2D eigenvalue weighted by atomic mass is 79.9. The summed E-state index contributed by atoms with van der Waals surface area (Å²) in [7, 11) is 1.63. The molecule has 0 aromatic heterocycles. The maximum Gasteiger partial charge on any atom is 0.238 e. The molecule has 1 amide bonds. The number of anilines is 1. The van der Waals surface area contributed by atoms with Gasteiger partial charge in [-0.2, -0.15) is 0 Å². The Morgan fingerprint density at radius 2 is 2.24 bits per heavy atom. The third-order valence-corrected chi connectivity index (χ3v) is 2.86. The van der Waals surface area contributed by atoms with Crippen molar-refractivity contribution in [2.75, 3.05) is 32.1 Å². The van der Waals surface area contributed by atoms with E-state index in [1.165, 1.54) is 0 Å². The van der Waals surface area contributed by atoms with Gasteiger partial charge in [-0.1, -0.05) is 6.07 Å². The number of amides is 1. The van der Waals surface area contributed by atoms with Crippen molar-refractivity contribution in [3.8, 4) is 0 Å². The van der Waals surface area contributed by atoms with Crippen LogP contribution < -0.4 is 10.6 Å². The molecule has 94 valence electrons. The van der Waals surface area contributed by atoms with Gasteiger partial charge in [0.2, 0.25) is 5.91 Å². The van der Waals surface area contributed by atoms with E-state index in [0.717, 1.165) is 15.7 Å². The fourth-order valence-corrected chi connectivity index (χ4v) is 1.65. The zero-order valence-corrected chi connectivity index (χ0v) is 11.6. The summed E-state index contributed by atoms with van der Waals surface area (Å²) in [6.07, 6.45) is 0. The maximum absolute atomic E-state index is 11.6. The van der Waals surface area contributed by atoms with Crippen LogP contribution in [-0.2, 0) is 9.53 Å². The highest BCUT2D eigenvalue weighted by Gasteiger charge is 2.05. The Morgan fingerprint density at radius 3 is 2.94 bits per heavy atom. The SMILES string of the molecule is COCCNCC(=O)Nc1cc(C)ccc1Br. The minimum absolute atomic E-state index is 0.0626. The van der Waals surface area contributed by atoms with E-state index in [9.17, 15) is 4.79 Å². The number of halogens is 1. The van der Waals surface area contributed by atoms with Crippen LogP contribution in [0.25, 0.3) is 0 Å². The van der Waals surface area contributed by atoms with Gasteiger partial charge in [0, 0.05) is 18.1 Å². The molecule has 17 heavy (non-hydrogen) atoms. The Balaban J connectivity index is 2.42. The fraction of sp³-hybridized carbons (Fsp3) is 0.417. The number of aryl methyl sites for hydroxylation is 1. The molecule has 1 rings (SSSR count). The van der Waals surface area contributed by atoms with Gasteiger partial charge in [0.25, 0.3) is 0 Å². The Hall–Kier alpha value is -0.910. The van der Waals surface area contributed by atoms with Crippen molar-refractivity contribution >= 4 is 27.5 Å². The zero-order chi connectivity index (χ0) is 12.7. The second-order valence-electron chi connectivity index (χ2n) is 3.70. The van der Waals surface area contributed by atoms with Crippen molar-refractivity contribution in [3.63, 3.8) is 0 Å². The van der Waals surface area contributed by atoms with Gasteiger partial charge >= 0.3 is 0 Å². The number of carbonyl (C=O) groups excluding carboxylic acids is 1. The predicted molar refractivity (Wildman–Crippen MR) is 72.3 cm³/mol. The Morgan fingerprint density at radius 1 is 1.47 bits per heavy atom. The van der Waals surface area contributed by atoms with Gasteiger partial charge in [0.1, 0.15) is 0 Å². The molecule has 0 bridgehead atoms. The van der Waals surface area contributed by atoms with Crippen molar-refractivity contribution in [2.45, 2.75) is 6.92 Å². The molecule has 4 nitrogen and oxygen atoms in total. The second kappa shape index (κ2) is 7.42. The number of nitrogens with one attached hydrogen (secondary N) is 2. The summed E-state index contributed by atoms with van der Waals surface area (Å²) in [5.74, 6) is -0.0626. The molecule has 0 unspecified atom stereocenters. The summed E-state index contributed by atoms with van der Waals surface area (Å²) in [5, 5.41) is 5.83. The van der Waals surface area contributed by atoms with Crippen molar-refractivity contribution in [3.05, 3.63) is 28.2 Å². The van der Waals surface area contributed by atoms with Crippen LogP contribution in [0.2, 0.25) is 0 Å². The number of ether oxygens (including phenoxy) is 1. The molecule has 2 N–H and O–H groups in total. The van der Waals surface area contributed by atoms with Crippen LogP contribution in [0.15, 0.2) is 22.7 Å². The van der Waals surface area contributed by atoms with Crippen LogP contribution in [0, 0.1) is 6.92 Å². The molecule has 0 saturated heterocycles. The minimum Gasteiger partial charge on any atom is -0.383 e. The van der Waals surface area contributed by atoms with Crippen molar-refractivity contribution < 1.29 is 9.53 Å². The molecule has 0 fully saturated rings. The average Bonchev–Trinajstić information content (AvgIpc) is 2.29. The third kappa shape index (κ3) is 5.30. The van der Waals surface area contributed by atoms with Crippen LogP contribution in [0.3, 0.4) is 0 Å². The summed E-state index contributed by atoms with van der Waals surface area (Å²) >= 11 is 3.40. The van der Waals surface area contributed by atoms with E-state index in [0.29, 0.717) is 13.2 Å². The number of hydrogen-bond donors (Lipinski definition) is 2.